The summed E-state index contributed by atoms with van der Waals surface area (Å²) in [4.78, 5) is 12.0. The molecular weight excluding hydrogens is 392 g/mol. The van der Waals surface area contributed by atoms with Crippen LogP contribution in [0, 0.1) is 0 Å². The summed E-state index contributed by atoms with van der Waals surface area (Å²) in [5, 5.41) is 3.99. The van der Waals surface area contributed by atoms with Gasteiger partial charge in [0, 0.05) is 0 Å². The van der Waals surface area contributed by atoms with Crippen LogP contribution in [-0.4, -0.2) is 32.4 Å². The molecule has 2 rings (SSSR count). The van der Waals surface area contributed by atoms with Crippen molar-refractivity contribution in [3.05, 3.63) is 53.6 Å². The van der Waals surface area contributed by atoms with E-state index in [1.807, 2.05) is 42.5 Å². The zero-order valence-electron chi connectivity index (χ0n) is 19.2. The molecule has 0 saturated carbocycles. The molecule has 0 atom stereocenters. The van der Waals surface area contributed by atoms with Crippen molar-refractivity contribution in [2.75, 3.05) is 20.3 Å². The molecule has 0 fully saturated rings. The molecule has 0 aliphatic heterocycles. The minimum Gasteiger partial charge on any atom is -0.493 e. The van der Waals surface area contributed by atoms with E-state index >= 15 is 0 Å². The SMILES string of the molecule is CCCCCOc1ccc(/C=N/NC(=O)COc2ccc(C(C)(C)C)cc2)cc1OC. The Morgan fingerprint density at radius 1 is 1.03 bits per heavy atom. The van der Waals surface area contributed by atoms with Crippen molar-refractivity contribution in [1.29, 1.82) is 0 Å². The first-order valence-corrected chi connectivity index (χ1v) is 10.7. The van der Waals surface area contributed by atoms with Gasteiger partial charge < -0.3 is 14.2 Å². The van der Waals surface area contributed by atoms with Crippen LogP contribution in [0.25, 0.3) is 0 Å². The molecule has 0 spiro atoms. The molecule has 1 amide bonds. The summed E-state index contributed by atoms with van der Waals surface area (Å²) >= 11 is 0. The summed E-state index contributed by atoms with van der Waals surface area (Å²) in [5.74, 6) is 1.64. The molecule has 0 saturated heterocycles. The maximum absolute atomic E-state index is 12.0. The number of carbonyl (C=O) groups is 1. The van der Waals surface area contributed by atoms with Gasteiger partial charge >= 0.3 is 0 Å². The van der Waals surface area contributed by atoms with Crippen molar-refractivity contribution < 1.29 is 19.0 Å². The molecular formula is C25H34N2O4. The van der Waals surface area contributed by atoms with Gasteiger partial charge in [-0.1, -0.05) is 52.7 Å². The van der Waals surface area contributed by atoms with E-state index in [9.17, 15) is 4.79 Å². The predicted octanol–water partition coefficient (Wildman–Crippen LogP) is 5.09. The summed E-state index contributed by atoms with van der Waals surface area (Å²) in [7, 11) is 1.60. The standard InChI is InChI=1S/C25H34N2O4/c1-6-7-8-15-30-22-14-9-19(16-23(22)29-5)17-26-27-24(28)18-31-21-12-10-20(11-13-21)25(2,3)4/h9-14,16-17H,6-8,15,18H2,1-5H3,(H,27,28)/b26-17+. The van der Waals surface area contributed by atoms with Gasteiger partial charge in [0.25, 0.3) is 5.91 Å². The monoisotopic (exact) mass is 426 g/mol. The molecule has 2 aromatic carbocycles. The third kappa shape index (κ3) is 8.32. The Labute approximate surface area is 185 Å². The van der Waals surface area contributed by atoms with E-state index in [1.54, 1.807) is 13.3 Å². The van der Waals surface area contributed by atoms with Gasteiger partial charge in [-0.3, -0.25) is 4.79 Å². The molecule has 0 unspecified atom stereocenters. The van der Waals surface area contributed by atoms with Crippen LogP contribution in [0.5, 0.6) is 17.2 Å². The Kier molecular flexibility index (Phi) is 9.38. The van der Waals surface area contributed by atoms with Gasteiger partial charge in [0.15, 0.2) is 18.1 Å². The minimum absolute atomic E-state index is 0.0761. The fourth-order valence-electron chi connectivity index (χ4n) is 2.83. The van der Waals surface area contributed by atoms with Crippen LogP contribution in [0.3, 0.4) is 0 Å². The number of carbonyl (C=O) groups excluding carboxylic acids is 1. The Morgan fingerprint density at radius 2 is 1.77 bits per heavy atom. The van der Waals surface area contributed by atoms with Crippen LogP contribution in [0.4, 0.5) is 0 Å². The second-order valence-electron chi connectivity index (χ2n) is 8.32. The molecule has 0 aliphatic rings. The fraction of sp³-hybridized carbons (Fsp3) is 0.440. The number of nitrogens with zero attached hydrogens (tertiary/aromatic N) is 1. The van der Waals surface area contributed by atoms with Gasteiger partial charge in [0.05, 0.1) is 19.9 Å². The number of nitrogens with one attached hydrogen (secondary N) is 1. The Morgan fingerprint density at radius 3 is 2.42 bits per heavy atom. The smallest absolute Gasteiger partial charge is 0.277 e. The molecule has 6 nitrogen and oxygen atoms in total. The molecule has 0 radical (unpaired) electrons. The lowest BCUT2D eigenvalue weighted by Gasteiger charge is -2.19. The van der Waals surface area contributed by atoms with Crippen molar-refractivity contribution >= 4 is 12.1 Å². The van der Waals surface area contributed by atoms with E-state index in [1.165, 1.54) is 5.56 Å². The summed E-state index contributed by atoms with van der Waals surface area (Å²) in [6, 6.07) is 13.3. The Bertz CT molecular complexity index is 855. The van der Waals surface area contributed by atoms with Crippen molar-refractivity contribution in [2.24, 2.45) is 5.10 Å². The fourth-order valence-corrected chi connectivity index (χ4v) is 2.83. The van der Waals surface area contributed by atoms with Gasteiger partial charge in [-0.25, -0.2) is 5.43 Å². The van der Waals surface area contributed by atoms with E-state index in [4.69, 9.17) is 14.2 Å². The molecule has 1 N–H and O–H groups in total. The van der Waals surface area contributed by atoms with Crippen LogP contribution in [0.2, 0.25) is 0 Å². The zero-order chi connectivity index (χ0) is 22.7. The number of hydrogen-bond donors (Lipinski definition) is 1. The first-order valence-electron chi connectivity index (χ1n) is 10.7. The van der Waals surface area contributed by atoms with Crippen LogP contribution < -0.4 is 19.6 Å². The Hall–Kier alpha value is -3.02. The third-order valence-electron chi connectivity index (χ3n) is 4.69. The topological polar surface area (TPSA) is 69.2 Å². The Balaban J connectivity index is 1.82. The van der Waals surface area contributed by atoms with Crippen LogP contribution >= 0.6 is 0 Å². The molecule has 0 bridgehead atoms. The van der Waals surface area contributed by atoms with Gasteiger partial charge in [0.2, 0.25) is 0 Å². The average molecular weight is 427 g/mol. The van der Waals surface area contributed by atoms with E-state index in [-0.39, 0.29) is 17.9 Å². The molecule has 31 heavy (non-hydrogen) atoms. The van der Waals surface area contributed by atoms with Crippen LogP contribution in [0.15, 0.2) is 47.6 Å². The third-order valence-corrected chi connectivity index (χ3v) is 4.69. The predicted molar refractivity (Wildman–Crippen MR) is 124 cm³/mol. The number of rotatable bonds is 11. The lowest BCUT2D eigenvalue weighted by molar-refractivity contribution is -0.123. The highest BCUT2D eigenvalue weighted by Crippen LogP contribution is 2.28. The molecule has 0 heterocycles. The molecule has 2 aromatic rings. The number of hydrogen-bond acceptors (Lipinski definition) is 5. The summed E-state index contributed by atoms with van der Waals surface area (Å²) in [6.07, 6.45) is 4.85. The lowest BCUT2D eigenvalue weighted by Crippen LogP contribution is -2.24. The van der Waals surface area contributed by atoms with E-state index < -0.39 is 0 Å². The second kappa shape index (κ2) is 12.0. The number of ether oxygens (including phenoxy) is 3. The molecule has 0 aromatic heterocycles. The first kappa shape index (κ1) is 24.3. The molecule has 0 aliphatic carbocycles. The summed E-state index contributed by atoms with van der Waals surface area (Å²) in [6.45, 7) is 9.16. The first-order chi connectivity index (χ1) is 14.8. The molecule has 6 heteroatoms. The summed E-state index contributed by atoms with van der Waals surface area (Å²) < 4.78 is 16.7. The van der Waals surface area contributed by atoms with Crippen molar-refractivity contribution in [3.8, 4) is 17.2 Å². The van der Waals surface area contributed by atoms with Gasteiger partial charge in [0.1, 0.15) is 5.75 Å². The van der Waals surface area contributed by atoms with Crippen molar-refractivity contribution in [3.63, 3.8) is 0 Å². The number of amides is 1. The second-order valence-corrected chi connectivity index (χ2v) is 8.32. The van der Waals surface area contributed by atoms with Crippen LogP contribution in [-0.2, 0) is 10.2 Å². The minimum atomic E-state index is -0.334. The largest absolute Gasteiger partial charge is 0.493 e. The maximum Gasteiger partial charge on any atom is 0.277 e. The number of benzene rings is 2. The van der Waals surface area contributed by atoms with E-state index in [2.05, 4.69) is 38.2 Å². The van der Waals surface area contributed by atoms with Gasteiger partial charge in [-0.2, -0.15) is 5.10 Å². The highest BCUT2D eigenvalue weighted by Gasteiger charge is 2.13. The van der Waals surface area contributed by atoms with Gasteiger partial charge in [-0.05, 0) is 53.3 Å². The summed E-state index contributed by atoms with van der Waals surface area (Å²) in [5.41, 5.74) is 4.55. The number of methoxy groups -OCH3 is 1. The number of unbranched alkanes of at least 4 members (excludes halogenated alkanes) is 2. The average Bonchev–Trinajstić information content (AvgIpc) is 2.75. The lowest BCUT2D eigenvalue weighted by atomic mass is 9.87. The van der Waals surface area contributed by atoms with Crippen molar-refractivity contribution in [2.45, 2.75) is 52.4 Å². The van der Waals surface area contributed by atoms with Crippen molar-refractivity contribution in [1.82, 2.24) is 5.43 Å². The zero-order valence-corrected chi connectivity index (χ0v) is 19.2. The van der Waals surface area contributed by atoms with Gasteiger partial charge in [-0.15, -0.1) is 0 Å². The van der Waals surface area contributed by atoms with E-state index in [0.29, 0.717) is 23.9 Å². The highest BCUT2D eigenvalue weighted by atomic mass is 16.5. The van der Waals surface area contributed by atoms with Crippen LogP contribution in [0.1, 0.15) is 58.1 Å². The van der Waals surface area contributed by atoms with E-state index in [0.717, 1.165) is 24.8 Å². The molecule has 168 valence electrons. The quantitative estimate of drug-likeness (QED) is 0.309. The number of hydrazone groups is 1. The normalized spacial score (nSPS) is 11.4. The highest BCUT2D eigenvalue weighted by molar-refractivity contribution is 5.83. The maximum atomic E-state index is 12.0.